The highest BCUT2D eigenvalue weighted by atomic mass is 16.3. The Bertz CT molecular complexity index is 218. The molecule has 0 aromatic rings. The van der Waals surface area contributed by atoms with Gasteiger partial charge in [0.15, 0.2) is 5.96 Å². The second-order valence-corrected chi connectivity index (χ2v) is 4.65. The zero-order valence-electron chi connectivity index (χ0n) is 9.79. The van der Waals surface area contributed by atoms with E-state index in [4.69, 9.17) is 5.73 Å². The summed E-state index contributed by atoms with van der Waals surface area (Å²) in [5.41, 5.74) is 5.48. The third-order valence-electron chi connectivity index (χ3n) is 3.21. The van der Waals surface area contributed by atoms with Gasteiger partial charge in [0.25, 0.3) is 0 Å². The van der Waals surface area contributed by atoms with E-state index in [-0.39, 0.29) is 12.1 Å². The van der Waals surface area contributed by atoms with E-state index >= 15 is 0 Å². The van der Waals surface area contributed by atoms with Crippen LogP contribution in [0.2, 0.25) is 0 Å². The molecule has 4 nitrogen and oxygen atoms in total. The highest BCUT2D eigenvalue weighted by Crippen LogP contribution is 2.20. The van der Waals surface area contributed by atoms with Crippen molar-refractivity contribution >= 4 is 5.96 Å². The van der Waals surface area contributed by atoms with Gasteiger partial charge in [-0.05, 0) is 26.2 Å². The average Bonchev–Trinajstić information content (AvgIpc) is 2.70. The zero-order valence-corrected chi connectivity index (χ0v) is 9.79. The summed E-state index contributed by atoms with van der Waals surface area (Å²) >= 11 is 0. The number of aliphatic hydroxyl groups excluding tert-OH is 1. The van der Waals surface area contributed by atoms with Crippen molar-refractivity contribution in [3.63, 3.8) is 0 Å². The number of aliphatic imine (C=N–C) groups is 1. The Balaban J connectivity index is 2.48. The Hall–Kier alpha value is -0.770. The molecule has 1 aliphatic rings. The first-order valence-corrected chi connectivity index (χ1v) is 5.82. The van der Waals surface area contributed by atoms with E-state index in [2.05, 4.69) is 10.3 Å². The van der Waals surface area contributed by atoms with Crippen molar-refractivity contribution in [1.82, 2.24) is 5.32 Å². The molecule has 1 atom stereocenters. The van der Waals surface area contributed by atoms with Crippen molar-refractivity contribution in [2.24, 2.45) is 10.7 Å². The lowest BCUT2D eigenvalue weighted by Crippen LogP contribution is -2.51. The van der Waals surface area contributed by atoms with Crippen LogP contribution in [0.4, 0.5) is 0 Å². The molecular formula is C11H23N3O. The Morgan fingerprint density at radius 2 is 2.13 bits per heavy atom. The Labute approximate surface area is 92.0 Å². The predicted molar refractivity (Wildman–Crippen MR) is 62.8 cm³/mol. The third-order valence-corrected chi connectivity index (χ3v) is 3.21. The summed E-state index contributed by atoms with van der Waals surface area (Å²) in [7, 11) is 0. The number of hydrogen-bond acceptors (Lipinski definition) is 2. The highest BCUT2D eigenvalue weighted by Gasteiger charge is 2.22. The monoisotopic (exact) mass is 213 g/mol. The maximum Gasteiger partial charge on any atom is 0.189 e. The zero-order chi connectivity index (χ0) is 11.3. The molecule has 0 saturated heterocycles. The standard InChI is InChI=1S/C11H23N3O/c1-3-11(2,8-15)14-10(12)13-9-6-4-5-7-9/h9,15H,3-8H2,1-2H3,(H3,12,13,14). The van der Waals surface area contributed by atoms with Gasteiger partial charge >= 0.3 is 0 Å². The maximum absolute atomic E-state index is 9.22. The van der Waals surface area contributed by atoms with E-state index < -0.39 is 0 Å². The highest BCUT2D eigenvalue weighted by molar-refractivity contribution is 5.78. The molecule has 88 valence electrons. The quantitative estimate of drug-likeness (QED) is 0.482. The summed E-state index contributed by atoms with van der Waals surface area (Å²) < 4.78 is 0. The smallest absolute Gasteiger partial charge is 0.189 e. The van der Waals surface area contributed by atoms with Gasteiger partial charge in [-0.1, -0.05) is 19.8 Å². The molecule has 4 N–H and O–H groups in total. The number of guanidine groups is 1. The first-order chi connectivity index (χ1) is 7.09. The molecule has 0 aromatic heterocycles. The van der Waals surface area contributed by atoms with Crippen LogP contribution in [0.15, 0.2) is 4.99 Å². The summed E-state index contributed by atoms with van der Waals surface area (Å²) in [5.74, 6) is 0.473. The normalized spacial score (nSPS) is 22.7. The van der Waals surface area contributed by atoms with Crippen LogP contribution < -0.4 is 11.1 Å². The minimum absolute atomic E-state index is 0.0738. The van der Waals surface area contributed by atoms with Crippen LogP contribution in [0.3, 0.4) is 0 Å². The summed E-state index contributed by atoms with van der Waals surface area (Å²) in [6, 6.07) is 0.386. The van der Waals surface area contributed by atoms with Crippen LogP contribution in [0, 0.1) is 0 Å². The van der Waals surface area contributed by atoms with Crippen molar-refractivity contribution in [3.05, 3.63) is 0 Å². The van der Waals surface area contributed by atoms with Gasteiger partial charge in [0.2, 0.25) is 0 Å². The van der Waals surface area contributed by atoms with Gasteiger partial charge in [-0.2, -0.15) is 0 Å². The minimum atomic E-state index is -0.341. The van der Waals surface area contributed by atoms with Crippen LogP contribution in [0.25, 0.3) is 0 Å². The van der Waals surface area contributed by atoms with Crippen LogP contribution >= 0.6 is 0 Å². The van der Waals surface area contributed by atoms with E-state index in [0.29, 0.717) is 12.0 Å². The van der Waals surface area contributed by atoms with Crippen molar-refractivity contribution in [3.8, 4) is 0 Å². The number of nitrogens with one attached hydrogen (secondary N) is 1. The summed E-state index contributed by atoms with van der Waals surface area (Å²) in [5, 5.41) is 12.3. The number of aliphatic hydroxyl groups is 1. The largest absolute Gasteiger partial charge is 0.394 e. The van der Waals surface area contributed by atoms with Crippen LogP contribution in [0.5, 0.6) is 0 Å². The molecule has 0 spiro atoms. The first-order valence-electron chi connectivity index (χ1n) is 5.82. The molecule has 1 aliphatic carbocycles. The molecule has 4 heteroatoms. The van der Waals surface area contributed by atoms with Crippen molar-refractivity contribution in [2.45, 2.75) is 57.5 Å². The van der Waals surface area contributed by atoms with Crippen LogP contribution in [-0.2, 0) is 0 Å². The molecule has 0 heterocycles. The van der Waals surface area contributed by atoms with Gasteiger partial charge in [-0.3, -0.25) is 4.99 Å². The van der Waals surface area contributed by atoms with Crippen LogP contribution in [0.1, 0.15) is 46.0 Å². The van der Waals surface area contributed by atoms with Gasteiger partial charge in [-0.25, -0.2) is 0 Å². The van der Waals surface area contributed by atoms with Crippen molar-refractivity contribution in [1.29, 1.82) is 0 Å². The van der Waals surface area contributed by atoms with Crippen molar-refractivity contribution < 1.29 is 5.11 Å². The van der Waals surface area contributed by atoms with E-state index in [1.165, 1.54) is 12.8 Å². The summed E-state index contributed by atoms with van der Waals surface area (Å²) in [6.45, 7) is 4.04. The van der Waals surface area contributed by atoms with Gasteiger partial charge in [-0.15, -0.1) is 0 Å². The minimum Gasteiger partial charge on any atom is -0.394 e. The molecular weight excluding hydrogens is 190 g/mol. The maximum atomic E-state index is 9.22. The van der Waals surface area contributed by atoms with Gasteiger partial charge < -0.3 is 16.2 Å². The lowest BCUT2D eigenvalue weighted by atomic mass is 10.0. The van der Waals surface area contributed by atoms with E-state index in [1.54, 1.807) is 0 Å². The molecule has 15 heavy (non-hydrogen) atoms. The second kappa shape index (κ2) is 5.35. The topological polar surface area (TPSA) is 70.6 Å². The molecule has 0 bridgehead atoms. The summed E-state index contributed by atoms with van der Waals surface area (Å²) in [6.07, 6.45) is 5.62. The second-order valence-electron chi connectivity index (χ2n) is 4.65. The fraction of sp³-hybridized carbons (Fsp3) is 0.909. The van der Waals surface area contributed by atoms with Crippen molar-refractivity contribution in [2.75, 3.05) is 6.61 Å². The van der Waals surface area contributed by atoms with Gasteiger partial charge in [0.1, 0.15) is 0 Å². The molecule has 0 radical (unpaired) electrons. The molecule has 1 fully saturated rings. The molecule has 1 unspecified atom stereocenters. The van der Waals surface area contributed by atoms with Gasteiger partial charge in [0, 0.05) is 0 Å². The third kappa shape index (κ3) is 3.70. The Kier molecular flexibility index (Phi) is 4.39. The van der Waals surface area contributed by atoms with Crippen LogP contribution in [-0.4, -0.2) is 29.3 Å². The molecule has 1 rings (SSSR count). The van der Waals surface area contributed by atoms with E-state index in [1.807, 2.05) is 13.8 Å². The fourth-order valence-corrected chi connectivity index (χ4v) is 1.81. The molecule has 0 amide bonds. The SMILES string of the molecule is CCC(C)(CO)NC(N)=NC1CCCC1. The first kappa shape index (κ1) is 12.3. The van der Waals surface area contributed by atoms with E-state index in [9.17, 15) is 5.11 Å². The average molecular weight is 213 g/mol. The Morgan fingerprint density at radius 3 is 2.60 bits per heavy atom. The fourth-order valence-electron chi connectivity index (χ4n) is 1.81. The molecule has 0 aliphatic heterocycles. The Morgan fingerprint density at radius 1 is 1.53 bits per heavy atom. The number of rotatable bonds is 4. The summed E-state index contributed by atoms with van der Waals surface area (Å²) in [4.78, 5) is 4.43. The lowest BCUT2D eigenvalue weighted by Gasteiger charge is -2.28. The molecule has 1 saturated carbocycles. The lowest BCUT2D eigenvalue weighted by molar-refractivity contribution is 0.188. The van der Waals surface area contributed by atoms with Gasteiger partial charge in [0.05, 0.1) is 18.2 Å². The number of nitrogens with zero attached hydrogens (tertiary/aromatic N) is 1. The number of nitrogens with two attached hydrogens (primary N) is 1. The van der Waals surface area contributed by atoms with E-state index in [0.717, 1.165) is 19.3 Å². The predicted octanol–water partition coefficient (Wildman–Crippen LogP) is 0.994. The number of hydrogen-bond donors (Lipinski definition) is 3. The molecule has 0 aromatic carbocycles.